The lowest BCUT2D eigenvalue weighted by molar-refractivity contribution is -0.117. The lowest BCUT2D eigenvalue weighted by Crippen LogP contribution is -2.41. The molecule has 0 aliphatic heterocycles. The van der Waals surface area contributed by atoms with Gasteiger partial charge < -0.3 is 15.4 Å². The summed E-state index contributed by atoms with van der Waals surface area (Å²) in [5.74, 6) is -0.315. The van der Waals surface area contributed by atoms with Crippen molar-refractivity contribution in [1.29, 1.82) is 0 Å². The second kappa shape index (κ2) is 9.23. The number of hydrogen-bond acceptors (Lipinski definition) is 5. The molecule has 0 spiro atoms. The van der Waals surface area contributed by atoms with E-state index < -0.39 is 11.7 Å². The molecule has 1 heterocycles. The van der Waals surface area contributed by atoms with Crippen molar-refractivity contribution in [3.05, 3.63) is 28.9 Å². The van der Waals surface area contributed by atoms with Crippen LogP contribution in [0.1, 0.15) is 34.6 Å². The van der Waals surface area contributed by atoms with Crippen molar-refractivity contribution in [3.8, 4) is 0 Å². The predicted molar refractivity (Wildman–Crippen MR) is 116 cm³/mol. The molecule has 0 unspecified atom stereocenters. The van der Waals surface area contributed by atoms with Gasteiger partial charge in [0.15, 0.2) is 0 Å². The minimum atomic E-state index is -0.615. The number of ether oxygens (including phenoxy) is 1. The smallest absolute Gasteiger partial charge is 0.410 e. The molecule has 0 aliphatic rings. The summed E-state index contributed by atoms with van der Waals surface area (Å²) in [6.07, 6.45) is 1.10. The Labute approximate surface area is 174 Å². The Morgan fingerprint density at radius 1 is 1.25 bits per heavy atom. The van der Waals surface area contributed by atoms with E-state index >= 15 is 0 Å². The van der Waals surface area contributed by atoms with Gasteiger partial charge in [-0.2, -0.15) is 0 Å². The lowest BCUT2D eigenvalue weighted by atomic mass is 10.1. The number of amides is 2. The Kier molecular flexibility index (Phi) is 7.23. The maximum absolute atomic E-state index is 12.6. The molecule has 0 saturated carbocycles. The van der Waals surface area contributed by atoms with Crippen LogP contribution >= 0.6 is 15.9 Å². The number of rotatable bonds is 6. The van der Waals surface area contributed by atoms with Gasteiger partial charge in [-0.1, -0.05) is 15.9 Å². The molecule has 2 rings (SSSR count). The molecule has 28 heavy (non-hydrogen) atoms. The number of fused-ring (bicyclic) bond motifs is 1. The van der Waals surface area contributed by atoms with Gasteiger partial charge in [-0.3, -0.25) is 14.7 Å². The van der Waals surface area contributed by atoms with E-state index in [4.69, 9.17) is 4.74 Å². The van der Waals surface area contributed by atoms with Gasteiger partial charge in [0.1, 0.15) is 12.1 Å². The number of nitrogens with one attached hydrogen (secondary N) is 2. The zero-order valence-electron chi connectivity index (χ0n) is 16.9. The van der Waals surface area contributed by atoms with E-state index in [0.29, 0.717) is 18.8 Å². The van der Waals surface area contributed by atoms with E-state index in [9.17, 15) is 9.59 Å². The number of anilines is 2. The second-order valence-electron chi connectivity index (χ2n) is 7.28. The van der Waals surface area contributed by atoms with Gasteiger partial charge in [-0.15, -0.1) is 0 Å². The number of carbonyl (C=O) groups is 2. The van der Waals surface area contributed by atoms with E-state index in [2.05, 4.69) is 31.5 Å². The van der Waals surface area contributed by atoms with Gasteiger partial charge in [0.25, 0.3) is 0 Å². The van der Waals surface area contributed by atoms with Crippen LogP contribution in [0.15, 0.2) is 28.9 Å². The van der Waals surface area contributed by atoms with Crippen LogP contribution in [0.5, 0.6) is 0 Å². The summed E-state index contributed by atoms with van der Waals surface area (Å²) in [5.41, 5.74) is 1.57. The monoisotopic (exact) mass is 450 g/mol. The molecule has 0 atom stereocenters. The quantitative estimate of drug-likeness (QED) is 0.670. The second-order valence-corrected chi connectivity index (χ2v) is 8.20. The van der Waals surface area contributed by atoms with Crippen LogP contribution in [0, 0.1) is 0 Å². The molecule has 0 aliphatic carbocycles. The summed E-state index contributed by atoms with van der Waals surface area (Å²) in [6.45, 7) is 10.1. The Balaban J connectivity index is 2.20. The highest BCUT2D eigenvalue weighted by Gasteiger charge is 2.23. The maximum atomic E-state index is 12.6. The summed E-state index contributed by atoms with van der Waals surface area (Å²) in [7, 11) is 0. The van der Waals surface area contributed by atoms with Gasteiger partial charge in [-0.05, 0) is 52.8 Å². The highest BCUT2D eigenvalue weighted by Crippen LogP contribution is 2.31. The number of benzene rings is 1. The zero-order chi connectivity index (χ0) is 20.9. The van der Waals surface area contributed by atoms with E-state index in [0.717, 1.165) is 21.1 Å². The topological polar surface area (TPSA) is 83.6 Å². The van der Waals surface area contributed by atoms with E-state index in [-0.39, 0.29) is 12.5 Å². The molecular formula is C20H27BrN4O3. The molecule has 0 radical (unpaired) electrons. The first-order valence-electron chi connectivity index (χ1n) is 9.24. The van der Waals surface area contributed by atoms with Crippen molar-refractivity contribution in [2.24, 2.45) is 0 Å². The number of carbonyl (C=O) groups excluding carboxylic acids is 2. The number of hydrogen-bond donors (Lipinski definition) is 2. The first kappa shape index (κ1) is 21.9. The molecule has 0 fully saturated rings. The van der Waals surface area contributed by atoms with Crippen molar-refractivity contribution in [2.75, 3.05) is 30.3 Å². The molecule has 0 bridgehead atoms. The first-order valence-corrected chi connectivity index (χ1v) is 10.0. The number of likely N-dealkylation sites (N-methyl/N-ethyl adjacent to an activating group) is 1. The number of nitrogens with zero attached hydrogens (tertiary/aromatic N) is 2. The van der Waals surface area contributed by atoms with Crippen molar-refractivity contribution in [1.82, 2.24) is 9.88 Å². The fourth-order valence-electron chi connectivity index (χ4n) is 2.62. The van der Waals surface area contributed by atoms with Gasteiger partial charge in [0.05, 0.1) is 23.1 Å². The fraction of sp³-hybridized carbons (Fsp3) is 0.450. The number of pyridine rings is 1. The highest BCUT2D eigenvalue weighted by atomic mass is 79.9. The Morgan fingerprint density at radius 2 is 1.96 bits per heavy atom. The van der Waals surface area contributed by atoms with Gasteiger partial charge in [-0.25, -0.2) is 4.79 Å². The summed E-state index contributed by atoms with van der Waals surface area (Å²) in [6, 6.07) is 5.79. The third-order valence-corrected chi connectivity index (χ3v) is 4.32. The predicted octanol–water partition coefficient (Wildman–Crippen LogP) is 4.62. The molecule has 1 aromatic carbocycles. The molecule has 2 aromatic rings. The van der Waals surface area contributed by atoms with Crippen molar-refractivity contribution in [2.45, 2.75) is 40.2 Å². The first-order chi connectivity index (χ1) is 13.1. The van der Waals surface area contributed by atoms with Crippen LogP contribution in [0.25, 0.3) is 10.9 Å². The minimum absolute atomic E-state index is 0.102. The van der Waals surface area contributed by atoms with Crippen LogP contribution in [0.4, 0.5) is 16.2 Å². The van der Waals surface area contributed by atoms with Crippen LogP contribution in [-0.4, -0.2) is 47.1 Å². The van der Waals surface area contributed by atoms with Crippen LogP contribution in [0.2, 0.25) is 0 Å². The van der Waals surface area contributed by atoms with Crippen molar-refractivity contribution >= 4 is 50.2 Å². The standard InChI is InChI=1S/C20H27BrN4O3/c1-6-22-18-14-9-8-13(21)10-15(14)23-11-16(18)24-17(26)12-25(7-2)19(27)28-20(3,4)5/h8-11H,6-7,12H2,1-5H3,(H,22,23)(H,24,26). The molecule has 1 aromatic heterocycles. The third-order valence-electron chi connectivity index (χ3n) is 3.83. The molecule has 2 amide bonds. The summed E-state index contributed by atoms with van der Waals surface area (Å²) in [5, 5.41) is 7.05. The Morgan fingerprint density at radius 3 is 2.57 bits per heavy atom. The van der Waals surface area contributed by atoms with E-state index in [1.807, 2.05) is 25.1 Å². The van der Waals surface area contributed by atoms with Gasteiger partial charge in [0, 0.05) is 22.9 Å². The molecule has 152 valence electrons. The normalized spacial score (nSPS) is 11.2. The SMILES string of the molecule is CCNc1c(NC(=O)CN(CC)C(=O)OC(C)(C)C)cnc2cc(Br)ccc12. The number of halogens is 1. The van der Waals surface area contributed by atoms with Crippen LogP contribution in [-0.2, 0) is 9.53 Å². The van der Waals surface area contributed by atoms with Gasteiger partial charge in [0.2, 0.25) is 5.91 Å². The largest absolute Gasteiger partial charge is 0.444 e. The highest BCUT2D eigenvalue weighted by molar-refractivity contribution is 9.10. The van der Waals surface area contributed by atoms with Crippen molar-refractivity contribution in [3.63, 3.8) is 0 Å². The molecule has 2 N–H and O–H groups in total. The fourth-order valence-corrected chi connectivity index (χ4v) is 2.97. The third kappa shape index (κ3) is 5.82. The summed E-state index contributed by atoms with van der Waals surface area (Å²) < 4.78 is 6.28. The van der Waals surface area contributed by atoms with Crippen LogP contribution < -0.4 is 10.6 Å². The van der Waals surface area contributed by atoms with Crippen molar-refractivity contribution < 1.29 is 14.3 Å². The Bertz CT molecular complexity index is 864. The Hall–Kier alpha value is -2.35. The molecular weight excluding hydrogens is 424 g/mol. The molecule has 8 heteroatoms. The average molecular weight is 451 g/mol. The molecule has 0 saturated heterocycles. The summed E-state index contributed by atoms with van der Waals surface area (Å²) >= 11 is 3.44. The zero-order valence-corrected chi connectivity index (χ0v) is 18.5. The summed E-state index contributed by atoms with van der Waals surface area (Å²) in [4.78, 5) is 30.6. The van der Waals surface area contributed by atoms with E-state index in [1.54, 1.807) is 33.9 Å². The average Bonchev–Trinajstić information content (AvgIpc) is 2.60. The minimum Gasteiger partial charge on any atom is -0.444 e. The lowest BCUT2D eigenvalue weighted by Gasteiger charge is -2.26. The van der Waals surface area contributed by atoms with Gasteiger partial charge >= 0.3 is 6.09 Å². The molecule has 7 nitrogen and oxygen atoms in total. The maximum Gasteiger partial charge on any atom is 0.410 e. The van der Waals surface area contributed by atoms with Crippen LogP contribution in [0.3, 0.4) is 0 Å². The van der Waals surface area contributed by atoms with E-state index in [1.165, 1.54) is 4.90 Å². The number of aromatic nitrogens is 1.